The van der Waals surface area contributed by atoms with Gasteiger partial charge in [-0.25, -0.2) is 0 Å². The van der Waals surface area contributed by atoms with Gasteiger partial charge < -0.3 is 5.11 Å². The van der Waals surface area contributed by atoms with Gasteiger partial charge in [0.25, 0.3) is 0 Å². The standard InChI is InChI=1S/C17H33NO2/c1-16(2)11-8-12-17(3,4)18(16)20-15(13-19)14-9-6-5-7-10-14/h14-15,19H,5-13H2,1-4H3. The van der Waals surface area contributed by atoms with Gasteiger partial charge >= 0.3 is 0 Å². The maximum atomic E-state index is 9.80. The molecule has 1 atom stereocenters. The number of hydrogen-bond donors (Lipinski definition) is 1. The largest absolute Gasteiger partial charge is 0.394 e. The second kappa shape index (κ2) is 6.33. The lowest BCUT2D eigenvalue weighted by Crippen LogP contribution is -2.60. The smallest absolute Gasteiger partial charge is 0.105 e. The van der Waals surface area contributed by atoms with Crippen molar-refractivity contribution < 1.29 is 9.94 Å². The molecule has 0 aromatic carbocycles. The highest BCUT2D eigenvalue weighted by Gasteiger charge is 2.44. The van der Waals surface area contributed by atoms with Gasteiger partial charge in [0.1, 0.15) is 6.10 Å². The quantitative estimate of drug-likeness (QED) is 0.849. The summed E-state index contributed by atoms with van der Waals surface area (Å²) in [5.41, 5.74) is 0.119. The van der Waals surface area contributed by atoms with Gasteiger partial charge in [-0.3, -0.25) is 4.84 Å². The highest BCUT2D eigenvalue weighted by Crippen LogP contribution is 2.40. The number of rotatable bonds is 4. The molecular weight excluding hydrogens is 250 g/mol. The average Bonchev–Trinajstić information content (AvgIpc) is 2.38. The molecule has 0 bridgehead atoms. The third-order valence-corrected chi connectivity index (χ3v) is 5.27. The Morgan fingerprint density at radius 2 is 1.55 bits per heavy atom. The molecule has 0 aromatic rings. The van der Waals surface area contributed by atoms with Gasteiger partial charge in [-0.15, -0.1) is 0 Å². The summed E-state index contributed by atoms with van der Waals surface area (Å²) in [5.74, 6) is 0.530. The van der Waals surface area contributed by atoms with E-state index in [1.807, 2.05) is 0 Å². The van der Waals surface area contributed by atoms with Crippen LogP contribution >= 0.6 is 0 Å². The molecule has 0 amide bonds. The number of piperidine rings is 1. The van der Waals surface area contributed by atoms with Crippen LogP contribution in [0.25, 0.3) is 0 Å². The summed E-state index contributed by atoms with van der Waals surface area (Å²) in [7, 11) is 0. The molecule has 3 nitrogen and oxygen atoms in total. The molecule has 3 heteroatoms. The van der Waals surface area contributed by atoms with Gasteiger partial charge in [-0.1, -0.05) is 19.3 Å². The first-order chi connectivity index (χ1) is 9.37. The predicted molar refractivity (Wildman–Crippen MR) is 82.4 cm³/mol. The fourth-order valence-corrected chi connectivity index (χ4v) is 4.17. The van der Waals surface area contributed by atoms with Crippen molar-refractivity contribution >= 4 is 0 Å². The van der Waals surface area contributed by atoms with Crippen molar-refractivity contribution in [3.05, 3.63) is 0 Å². The molecule has 0 aromatic heterocycles. The maximum Gasteiger partial charge on any atom is 0.105 e. The van der Waals surface area contributed by atoms with Crippen LogP contribution in [0.3, 0.4) is 0 Å². The first-order valence-corrected chi connectivity index (χ1v) is 8.45. The van der Waals surface area contributed by atoms with Crippen molar-refractivity contribution in [2.45, 2.75) is 96.2 Å². The Morgan fingerprint density at radius 1 is 1.00 bits per heavy atom. The minimum absolute atomic E-state index is 0.0213. The third kappa shape index (κ3) is 3.55. The molecular formula is C17H33NO2. The molecule has 2 fully saturated rings. The zero-order valence-corrected chi connectivity index (χ0v) is 13.8. The summed E-state index contributed by atoms with van der Waals surface area (Å²) in [4.78, 5) is 6.39. The van der Waals surface area contributed by atoms with Gasteiger partial charge in [0.2, 0.25) is 0 Å². The van der Waals surface area contributed by atoms with Gasteiger partial charge in [-0.05, 0) is 65.7 Å². The van der Waals surface area contributed by atoms with Crippen LogP contribution in [0.4, 0.5) is 0 Å². The highest BCUT2D eigenvalue weighted by atomic mass is 16.7. The second-order valence-corrected chi connectivity index (χ2v) is 8.00. The predicted octanol–water partition coefficient (Wildman–Crippen LogP) is 3.90. The Labute approximate surface area is 124 Å². The first-order valence-electron chi connectivity index (χ1n) is 8.45. The Balaban J connectivity index is 2.07. The number of nitrogens with zero attached hydrogens (tertiary/aromatic N) is 1. The molecule has 1 saturated carbocycles. The van der Waals surface area contributed by atoms with Crippen LogP contribution in [0.1, 0.15) is 79.1 Å². The van der Waals surface area contributed by atoms with E-state index in [0.717, 1.165) is 0 Å². The van der Waals surface area contributed by atoms with Crippen molar-refractivity contribution in [3.8, 4) is 0 Å². The second-order valence-electron chi connectivity index (χ2n) is 8.00. The Morgan fingerprint density at radius 3 is 2.05 bits per heavy atom. The zero-order valence-electron chi connectivity index (χ0n) is 13.8. The van der Waals surface area contributed by atoms with Gasteiger partial charge in [0, 0.05) is 11.1 Å². The van der Waals surface area contributed by atoms with E-state index < -0.39 is 0 Å². The highest BCUT2D eigenvalue weighted by molar-refractivity contribution is 4.93. The lowest BCUT2D eigenvalue weighted by atomic mass is 9.82. The number of hydrogen-bond acceptors (Lipinski definition) is 3. The summed E-state index contributed by atoms with van der Waals surface area (Å²) in [6.45, 7) is 9.21. The van der Waals surface area contributed by atoms with Gasteiger partial charge in [0.05, 0.1) is 6.61 Å². The minimum atomic E-state index is -0.0213. The van der Waals surface area contributed by atoms with Crippen molar-refractivity contribution in [3.63, 3.8) is 0 Å². The molecule has 2 aliphatic rings. The molecule has 0 radical (unpaired) electrons. The van der Waals surface area contributed by atoms with E-state index in [1.54, 1.807) is 0 Å². The van der Waals surface area contributed by atoms with Crippen LogP contribution in [0.15, 0.2) is 0 Å². The molecule has 1 aliphatic heterocycles. The lowest BCUT2D eigenvalue weighted by Gasteiger charge is -2.53. The first kappa shape index (κ1) is 16.3. The van der Waals surface area contributed by atoms with E-state index in [1.165, 1.54) is 51.4 Å². The molecule has 1 N–H and O–H groups in total. The topological polar surface area (TPSA) is 32.7 Å². The van der Waals surface area contributed by atoms with Crippen molar-refractivity contribution in [1.82, 2.24) is 5.06 Å². The van der Waals surface area contributed by atoms with E-state index in [0.29, 0.717) is 5.92 Å². The number of aliphatic hydroxyl groups is 1. The zero-order chi connectivity index (χ0) is 14.8. The molecule has 1 heterocycles. The molecule has 20 heavy (non-hydrogen) atoms. The molecule has 118 valence electrons. The number of hydroxylamine groups is 2. The average molecular weight is 283 g/mol. The van der Waals surface area contributed by atoms with Crippen LogP contribution in [-0.2, 0) is 4.84 Å². The maximum absolute atomic E-state index is 9.80. The van der Waals surface area contributed by atoms with E-state index in [4.69, 9.17) is 4.84 Å². The monoisotopic (exact) mass is 283 g/mol. The fourth-order valence-electron chi connectivity index (χ4n) is 4.17. The summed E-state index contributed by atoms with van der Waals surface area (Å²) in [5, 5.41) is 12.0. The van der Waals surface area contributed by atoms with Crippen LogP contribution in [0.2, 0.25) is 0 Å². The summed E-state index contributed by atoms with van der Waals surface area (Å²) in [6.07, 6.45) is 9.90. The van der Waals surface area contributed by atoms with E-state index in [2.05, 4.69) is 32.8 Å². The van der Waals surface area contributed by atoms with E-state index in [-0.39, 0.29) is 23.8 Å². The van der Waals surface area contributed by atoms with Crippen molar-refractivity contribution in [1.29, 1.82) is 0 Å². The SMILES string of the molecule is CC1(C)CCCC(C)(C)N1OC(CO)C1CCCCC1. The number of aliphatic hydroxyl groups excluding tert-OH is 1. The van der Waals surface area contributed by atoms with Crippen LogP contribution in [0, 0.1) is 5.92 Å². The summed E-state index contributed by atoms with van der Waals surface area (Å²) in [6, 6.07) is 0. The Kier molecular flexibility index (Phi) is 5.14. The van der Waals surface area contributed by atoms with Crippen LogP contribution in [-0.4, -0.2) is 34.0 Å². The molecule has 1 aliphatic carbocycles. The molecule has 0 spiro atoms. The van der Waals surface area contributed by atoms with Crippen molar-refractivity contribution in [2.75, 3.05) is 6.61 Å². The third-order valence-electron chi connectivity index (χ3n) is 5.27. The van der Waals surface area contributed by atoms with Gasteiger partial charge in [0.15, 0.2) is 0 Å². The minimum Gasteiger partial charge on any atom is -0.394 e. The normalized spacial score (nSPS) is 29.2. The van der Waals surface area contributed by atoms with Crippen LogP contribution in [0.5, 0.6) is 0 Å². The Bertz CT molecular complexity index is 292. The molecule has 2 rings (SSSR count). The van der Waals surface area contributed by atoms with E-state index >= 15 is 0 Å². The van der Waals surface area contributed by atoms with E-state index in [9.17, 15) is 5.11 Å². The fraction of sp³-hybridized carbons (Fsp3) is 1.00. The van der Waals surface area contributed by atoms with Gasteiger partial charge in [-0.2, -0.15) is 5.06 Å². The lowest BCUT2D eigenvalue weighted by molar-refractivity contribution is -0.317. The Hall–Kier alpha value is -0.120. The molecule has 1 unspecified atom stereocenters. The summed E-state index contributed by atoms with van der Waals surface area (Å²) >= 11 is 0. The van der Waals surface area contributed by atoms with Crippen LogP contribution < -0.4 is 0 Å². The molecule has 1 saturated heterocycles. The van der Waals surface area contributed by atoms with Crippen molar-refractivity contribution in [2.24, 2.45) is 5.92 Å². The summed E-state index contributed by atoms with van der Waals surface area (Å²) < 4.78 is 0.